The number of aromatic nitrogens is 2. The number of hydrogen-bond acceptors (Lipinski definition) is 5. The van der Waals surface area contributed by atoms with E-state index in [0.717, 1.165) is 34.2 Å². The second-order valence-corrected chi connectivity index (χ2v) is 14.1. The summed E-state index contributed by atoms with van der Waals surface area (Å²) in [6.07, 6.45) is 4.77. The van der Waals surface area contributed by atoms with Crippen molar-refractivity contribution in [3.05, 3.63) is 107 Å². The SMILES string of the molecule is CC(C)(C)[S@](=O)N1Cc2cc(C(=O)N3CCc4ccccc4C3)nc(-c3cccc(-c4ccncc4)c3)c2[C@@H]1CCO. The van der Waals surface area contributed by atoms with Gasteiger partial charge in [0.25, 0.3) is 5.91 Å². The minimum atomic E-state index is -1.32. The molecule has 0 unspecified atom stereocenters. The largest absolute Gasteiger partial charge is 0.396 e. The van der Waals surface area contributed by atoms with Crippen molar-refractivity contribution in [2.24, 2.45) is 0 Å². The first kappa shape index (κ1) is 28.4. The van der Waals surface area contributed by atoms with Crippen molar-refractivity contribution >= 4 is 16.9 Å². The average Bonchev–Trinajstić information content (AvgIpc) is 3.37. The van der Waals surface area contributed by atoms with Crippen molar-refractivity contribution in [1.82, 2.24) is 19.2 Å². The topological polar surface area (TPSA) is 86.6 Å². The van der Waals surface area contributed by atoms with E-state index in [1.165, 1.54) is 11.1 Å². The number of pyridine rings is 2. The Labute approximate surface area is 249 Å². The summed E-state index contributed by atoms with van der Waals surface area (Å²) in [4.78, 5) is 25.1. The maximum atomic E-state index is 14.0. The van der Waals surface area contributed by atoms with Gasteiger partial charge in [-0.15, -0.1) is 0 Å². The first-order chi connectivity index (χ1) is 20.2. The van der Waals surface area contributed by atoms with E-state index in [2.05, 4.69) is 23.2 Å². The van der Waals surface area contributed by atoms with Crippen LogP contribution in [0.25, 0.3) is 22.4 Å². The third kappa shape index (κ3) is 5.42. The van der Waals surface area contributed by atoms with Gasteiger partial charge in [-0.3, -0.25) is 9.78 Å². The molecule has 2 aliphatic heterocycles. The highest BCUT2D eigenvalue weighted by Crippen LogP contribution is 2.44. The minimum absolute atomic E-state index is 0.0493. The molecule has 0 bridgehead atoms. The molecule has 8 heteroatoms. The van der Waals surface area contributed by atoms with Gasteiger partial charge < -0.3 is 10.0 Å². The molecule has 7 nitrogen and oxygen atoms in total. The molecular weight excluding hydrogens is 544 g/mol. The molecular formula is C34H36N4O3S. The lowest BCUT2D eigenvalue weighted by molar-refractivity contribution is 0.0728. The molecule has 2 aliphatic rings. The molecule has 216 valence electrons. The molecule has 0 radical (unpaired) electrons. The van der Waals surface area contributed by atoms with Crippen LogP contribution in [0.2, 0.25) is 0 Å². The van der Waals surface area contributed by atoms with Crippen LogP contribution < -0.4 is 0 Å². The van der Waals surface area contributed by atoms with Crippen molar-refractivity contribution in [2.75, 3.05) is 13.2 Å². The van der Waals surface area contributed by atoms with Gasteiger partial charge in [-0.05, 0) is 85.7 Å². The van der Waals surface area contributed by atoms with Crippen molar-refractivity contribution in [3.8, 4) is 22.4 Å². The molecule has 42 heavy (non-hydrogen) atoms. The Morgan fingerprint density at radius 2 is 1.67 bits per heavy atom. The summed E-state index contributed by atoms with van der Waals surface area (Å²) in [6.45, 7) is 7.44. The third-order valence-corrected chi connectivity index (χ3v) is 9.93. The van der Waals surface area contributed by atoms with Crippen LogP contribution in [0, 0.1) is 0 Å². The van der Waals surface area contributed by atoms with Crippen molar-refractivity contribution in [3.63, 3.8) is 0 Å². The van der Waals surface area contributed by atoms with Gasteiger partial charge in [0.1, 0.15) is 16.7 Å². The number of hydrogen-bond donors (Lipinski definition) is 1. The summed E-state index contributed by atoms with van der Waals surface area (Å²) >= 11 is 0. The second-order valence-electron chi connectivity index (χ2n) is 12.0. The Hall–Kier alpha value is -3.72. The molecule has 0 saturated heterocycles. The number of benzene rings is 2. The predicted molar refractivity (Wildman–Crippen MR) is 166 cm³/mol. The van der Waals surface area contributed by atoms with E-state index in [9.17, 15) is 14.1 Å². The maximum absolute atomic E-state index is 14.0. The van der Waals surface area contributed by atoms with Gasteiger partial charge in [-0.1, -0.05) is 42.5 Å². The van der Waals surface area contributed by atoms with E-state index in [0.29, 0.717) is 37.4 Å². The fourth-order valence-electron chi connectivity index (χ4n) is 6.02. The standard InChI is InChI=1S/C34H36N4O3S/c1-34(2,3)42(41)38-22-28-20-29(33(40)37-17-13-23-7-4-5-8-27(23)21-37)36-32(31(28)30(38)14-18-39)26-10-6-9-25(19-26)24-11-15-35-16-12-24/h4-12,15-16,19-20,30,39H,13-14,17-18,21-22H2,1-3H3/t30-,42-/m0/s1. The van der Waals surface area contributed by atoms with Gasteiger partial charge in [0.05, 0.1) is 16.5 Å². The second kappa shape index (κ2) is 11.5. The molecule has 0 saturated carbocycles. The number of aliphatic hydroxyl groups excluding tert-OH is 1. The van der Waals surface area contributed by atoms with Crippen LogP contribution >= 0.6 is 0 Å². The van der Waals surface area contributed by atoms with Gasteiger partial charge in [0, 0.05) is 49.8 Å². The molecule has 1 N–H and O–H groups in total. The fourth-order valence-corrected chi connectivity index (χ4v) is 7.42. The molecule has 1 amide bonds. The van der Waals surface area contributed by atoms with Crippen LogP contribution in [-0.4, -0.2) is 52.3 Å². The molecule has 0 aliphatic carbocycles. The zero-order valence-corrected chi connectivity index (χ0v) is 25.1. The van der Waals surface area contributed by atoms with Gasteiger partial charge in [-0.2, -0.15) is 0 Å². The van der Waals surface area contributed by atoms with E-state index < -0.39 is 15.7 Å². The fraction of sp³-hybridized carbons (Fsp3) is 0.324. The molecule has 6 rings (SSSR count). The lowest BCUT2D eigenvalue weighted by Gasteiger charge is -2.30. The molecule has 2 atom stereocenters. The summed E-state index contributed by atoms with van der Waals surface area (Å²) in [5.41, 5.74) is 8.35. The smallest absolute Gasteiger partial charge is 0.272 e. The van der Waals surface area contributed by atoms with E-state index in [1.807, 2.05) is 78.5 Å². The lowest BCUT2D eigenvalue weighted by atomic mass is 9.94. The summed E-state index contributed by atoms with van der Waals surface area (Å²) < 4.78 is 15.2. The van der Waals surface area contributed by atoms with Crippen LogP contribution in [0.4, 0.5) is 0 Å². The number of fused-ring (bicyclic) bond motifs is 2. The van der Waals surface area contributed by atoms with Crippen molar-refractivity contribution in [2.45, 2.75) is 57.5 Å². The first-order valence-electron chi connectivity index (χ1n) is 14.4. The van der Waals surface area contributed by atoms with Gasteiger partial charge in [0.15, 0.2) is 0 Å². The van der Waals surface area contributed by atoms with Gasteiger partial charge in [0.2, 0.25) is 0 Å². The Morgan fingerprint density at radius 1 is 0.929 bits per heavy atom. The van der Waals surface area contributed by atoms with Crippen LogP contribution in [0.1, 0.15) is 66.0 Å². The van der Waals surface area contributed by atoms with Crippen LogP contribution in [-0.2, 0) is 30.5 Å². The molecule has 0 spiro atoms. The van der Waals surface area contributed by atoms with E-state index in [-0.39, 0.29) is 18.6 Å². The zero-order valence-electron chi connectivity index (χ0n) is 24.3. The number of nitrogens with zero attached hydrogens (tertiary/aromatic N) is 4. The minimum Gasteiger partial charge on any atom is -0.396 e. The Bertz CT molecular complexity index is 1650. The molecule has 0 fully saturated rings. The quantitative estimate of drug-likeness (QED) is 0.316. The number of amides is 1. The normalized spacial score (nSPS) is 17.5. The Balaban J connectivity index is 1.47. The van der Waals surface area contributed by atoms with Crippen LogP contribution in [0.15, 0.2) is 79.1 Å². The number of aliphatic hydroxyl groups is 1. The highest BCUT2D eigenvalue weighted by Gasteiger charge is 2.40. The van der Waals surface area contributed by atoms with Gasteiger partial charge in [-0.25, -0.2) is 13.5 Å². The summed E-state index contributed by atoms with van der Waals surface area (Å²) in [5, 5.41) is 10.1. The Kier molecular flexibility index (Phi) is 7.79. The highest BCUT2D eigenvalue weighted by molar-refractivity contribution is 7.84. The highest BCUT2D eigenvalue weighted by atomic mass is 32.2. The first-order valence-corrected chi connectivity index (χ1v) is 15.6. The number of rotatable bonds is 6. The number of carbonyl (C=O) groups is 1. The van der Waals surface area contributed by atoms with E-state index >= 15 is 0 Å². The zero-order chi connectivity index (χ0) is 29.4. The van der Waals surface area contributed by atoms with Crippen molar-refractivity contribution in [1.29, 1.82) is 0 Å². The Morgan fingerprint density at radius 3 is 2.40 bits per heavy atom. The summed E-state index contributed by atoms with van der Waals surface area (Å²) in [6, 6.07) is 21.9. The van der Waals surface area contributed by atoms with Crippen molar-refractivity contribution < 1.29 is 14.1 Å². The predicted octanol–water partition coefficient (Wildman–Crippen LogP) is 5.71. The van der Waals surface area contributed by atoms with E-state index in [4.69, 9.17) is 4.98 Å². The van der Waals surface area contributed by atoms with Crippen LogP contribution in [0.3, 0.4) is 0 Å². The molecule has 4 heterocycles. The molecule has 2 aromatic heterocycles. The van der Waals surface area contributed by atoms with E-state index in [1.54, 1.807) is 12.4 Å². The third-order valence-electron chi connectivity index (χ3n) is 8.08. The lowest BCUT2D eigenvalue weighted by Crippen LogP contribution is -2.36. The molecule has 2 aromatic carbocycles. The number of carbonyl (C=O) groups excluding carboxylic acids is 1. The maximum Gasteiger partial charge on any atom is 0.272 e. The van der Waals surface area contributed by atoms with Crippen LogP contribution in [0.5, 0.6) is 0 Å². The summed E-state index contributed by atoms with van der Waals surface area (Å²) in [7, 11) is -1.32. The average molecular weight is 581 g/mol. The molecule has 4 aromatic rings. The van der Waals surface area contributed by atoms with Gasteiger partial charge >= 0.3 is 0 Å². The monoisotopic (exact) mass is 580 g/mol. The summed E-state index contributed by atoms with van der Waals surface area (Å²) in [5.74, 6) is -0.104.